The van der Waals surface area contributed by atoms with Crippen molar-refractivity contribution in [2.24, 2.45) is 0 Å². The number of rotatable bonds is 1. The Bertz CT molecular complexity index is 288. The molecule has 1 unspecified atom stereocenters. The van der Waals surface area contributed by atoms with Crippen LogP contribution in [0.2, 0.25) is 0 Å². The highest BCUT2D eigenvalue weighted by Crippen LogP contribution is 2.16. The summed E-state index contributed by atoms with van der Waals surface area (Å²) in [7, 11) is 0. The van der Waals surface area contributed by atoms with E-state index < -0.39 is 0 Å². The standard InChI is InChI=1S/C8H9N3/c1-6(9-3)8-4-10-5-11-7(8)2/h4-6H,1-2H3. The van der Waals surface area contributed by atoms with E-state index in [0.29, 0.717) is 0 Å². The lowest BCUT2D eigenvalue weighted by molar-refractivity contribution is 0.899. The lowest BCUT2D eigenvalue weighted by Crippen LogP contribution is -1.95. The average Bonchev–Trinajstić information content (AvgIpc) is 2.04. The topological polar surface area (TPSA) is 30.1 Å². The summed E-state index contributed by atoms with van der Waals surface area (Å²) < 4.78 is 0. The quantitative estimate of drug-likeness (QED) is 0.566. The Morgan fingerprint density at radius 1 is 1.64 bits per heavy atom. The van der Waals surface area contributed by atoms with Gasteiger partial charge in [-0.05, 0) is 6.92 Å². The lowest BCUT2D eigenvalue weighted by Gasteiger charge is -2.00. The first-order valence-corrected chi connectivity index (χ1v) is 3.38. The van der Waals surface area contributed by atoms with Crippen molar-refractivity contribution in [1.82, 2.24) is 9.97 Å². The van der Waals surface area contributed by atoms with Crippen LogP contribution in [0.4, 0.5) is 0 Å². The van der Waals surface area contributed by atoms with Crippen molar-refractivity contribution in [1.29, 1.82) is 0 Å². The van der Waals surface area contributed by atoms with Crippen molar-refractivity contribution in [3.8, 4) is 0 Å². The van der Waals surface area contributed by atoms with Crippen LogP contribution in [0.5, 0.6) is 0 Å². The Hall–Kier alpha value is -1.43. The zero-order chi connectivity index (χ0) is 8.27. The first-order chi connectivity index (χ1) is 5.25. The van der Waals surface area contributed by atoms with Gasteiger partial charge in [-0.1, -0.05) is 0 Å². The first-order valence-electron chi connectivity index (χ1n) is 3.38. The number of aryl methyl sites for hydroxylation is 1. The molecule has 0 fully saturated rings. The van der Waals surface area contributed by atoms with E-state index in [1.54, 1.807) is 6.20 Å². The first kappa shape index (κ1) is 7.67. The molecule has 0 bridgehead atoms. The fourth-order valence-electron chi connectivity index (χ4n) is 0.881. The summed E-state index contributed by atoms with van der Waals surface area (Å²) >= 11 is 0. The highest BCUT2D eigenvalue weighted by atomic mass is 14.8. The van der Waals surface area contributed by atoms with E-state index in [0.717, 1.165) is 11.3 Å². The van der Waals surface area contributed by atoms with Gasteiger partial charge < -0.3 is 4.85 Å². The summed E-state index contributed by atoms with van der Waals surface area (Å²) in [4.78, 5) is 11.2. The average molecular weight is 147 g/mol. The minimum atomic E-state index is -0.129. The number of hydrogen-bond acceptors (Lipinski definition) is 2. The molecule has 1 aromatic heterocycles. The van der Waals surface area contributed by atoms with Gasteiger partial charge in [0.25, 0.3) is 0 Å². The van der Waals surface area contributed by atoms with Crippen LogP contribution < -0.4 is 0 Å². The zero-order valence-corrected chi connectivity index (χ0v) is 6.57. The van der Waals surface area contributed by atoms with Crippen LogP contribution in [0, 0.1) is 13.5 Å². The minimum Gasteiger partial charge on any atom is -0.309 e. The molecule has 1 heterocycles. The molecular formula is C8H9N3. The van der Waals surface area contributed by atoms with Crippen LogP contribution >= 0.6 is 0 Å². The molecule has 0 aromatic carbocycles. The highest BCUT2D eigenvalue weighted by Gasteiger charge is 2.11. The predicted molar refractivity (Wildman–Crippen MR) is 41.8 cm³/mol. The molecule has 0 aliphatic heterocycles. The summed E-state index contributed by atoms with van der Waals surface area (Å²) in [6, 6.07) is -0.129. The largest absolute Gasteiger partial charge is 0.309 e. The molecule has 0 amide bonds. The molecule has 0 saturated heterocycles. The number of hydrogen-bond donors (Lipinski definition) is 0. The summed E-state index contributed by atoms with van der Waals surface area (Å²) in [6.45, 7) is 10.5. The minimum absolute atomic E-state index is 0.129. The second-order valence-electron chi connectivity index (χ2n) is 2.37. The van der Waals surface area contributed by atoms with Crippen molar-refractivity contribution in [2.75, 3.05) is 0 Å². The third kappa shape index (κ3) is 1.53. The maximum atomic E-state index is 6.81. The molecule has 56 valence electrons. The zero-order valence-electron chi connectivity index (χ0n) is 6.57. The van der Waals surface area contributed by atoms with Crippen molar-refractivity contribution in [3.05, 3.63) is 35.2 Å². The maximum Gasteiger partial charge on any atom is 0.249 e. The Morgan fingerprint density at radius 3 is 2.91 bits per heavy atom. The molecular weight excluding hydrogens is 138 g/mol. The van der Waals surface area contributed by atoms with Crippen LogP contribution in [0.1, 0.15) is 24.2 Å². The van der Waals surface area contributed by atoms with Crippen LogP contribution in [-0.2, 0) is 0 Å². The molecule has 3 heteroatoms. The van der Waals surface area contributed by atoms with Gasteiger partial charge in [-0.2, -0.15) is 0 Å². The van der Waals surface area contributed by atoms with Gasteiger partial charge in [0.2, 0.25) is 6.04 Å². The smallest absolute Gasteiger partial charge is 0.249 e. The van der Waals surface area contributed by atoms with Crippen molar-refractivity contribution in [3.63, 3.8) is 0 Å². The summed E-state index contributed by atoms with van der Waals surface area (Å²) in [5, 5.41) is 0. The third-order valence-corrected chi connectivity index (χ3v) is 1.59. The van der Waals surface area contributed by atoms with E-state index in [9.17, 15) is 0 Å². The molecule has 0 saturated carbocycles. The Labute approximate surface area is 65.9 Å². The molecule has 0 aliphatic carbocycles. The van der Waals surface area contributed by atoms with Gasteiger partial charge >= 0.3 is 0 Å². The fraction of sp³-hybridized carbons (Fsp3) is 0.375. The van der Waals surface area contributed by atoms with Crippen LogP contribution in [0.25, 0.3) is 4.85 Å². The van der Waals surface area contributed by atoms with Crippen molar-refractivity contribution >= 4 is 0 Å². The molecule has 11 heavy (non-hydrogen) atoms. The molecule has 0 radical (unpaired) electrons. The molecule has 1 aromatic rings. The Kier molecular flexibility index (Phi) is 2.17. The number of aromatic nitrogens is 2. The van der Waals surface area contributed by atoms with E-state index in [-0.39, 0.29) is 6.04 Å². The van der Waals surface area contributed by atoms with Crippen LogP contribution in [0.15, 0.2) is 12.5 Å². The van der Waals surface area contributed by atoms with Gasteiger partial charge in [0.15, 0.2) is 0 Å². The SMILES string of the molecule is [C-]#[N+]C(C)c1cncnc1C. The predicted octanol–water partition coefficient (Wildman–Crippen LogP) is 1.77. The summed E-state index contributed by atoms with van der Waals surface area (Å²) in [5.74, 6) is 0. The van der Waals surface area contributed by atoms with Crippen molar-refractivity contribution in [2.45, 2.75) is 19.9 Å². The van der Waals surface area contributed by atoms with Crippen LogP contribution in [-0.4, -0.2) is 9.97 Å². The third-order valence-electron chi connectivity index (χ3n) is 1.59. The van der Waals surface area contributed by atoms with Gasteiger partial charge in [0, 0.05) is 13.1 Å². The van der Waals surface area contributed by atoms with Gasteiger partial charge in [-0.25, -0.2) is 16.5 Å². The normalized spacial score (nSPS) is 12.1. The van der Waals surface area contributed by atoms with Crippen LogP contribution in [0.3, 0.4) is 0 Å². The van der Waals surface area contributed by atoms with E-state index >= 15 is 0 Å². The van der Waals surface area contributed by atoms with E-state index in [4.69, 9.17) is 6.57 Å². The monoisotopic (exact) mass is 147 g/mol. The van der Waals surface area contributed by atoms with Gasteiger partial charge in [0.05, 0.1) is 11.3 Å². The van der Waals surface area contributed by atoms with Gasteiger partial charge in [0.1, 0.15) is 6.33 Å². The second kappa shape index (κ2) is 3.11. The van der Waals surface area contributed by atoms with E-state index in [1.807, 2.05) is 13.8 Å². The van der Waals surface area contributed by atoms with Crippen molar-refractivity contribution < 1.29 is 0 Å². The fourth-order valence-corrected chi connectivity index (χ4v) is 0.881. The molecule has 0 N–H and O–H groups in total. The molecule has 1 rings (SSSR count). The van der Waals surface area contributed by atoms with E-state index in [1.165, 1.54) is 6.33 Å². The molecule has 0 spiro atoms. The molecule has 1 atom stereocenters. The molecule has 0 aliphatic rings. The maximum absolute atomic E-state index is 6.81. The van der Waals surface area contributed by atoms with Gasteiger partial charge in [-0.15, -0.1) is 0 Å². The molecule has 3 nitrogen and oxygen atoms in total. The Balaban J connectivity index is 3.05. The lowest BCUT2D eigenvalue weighted by atomic mass is 10.1. The number of nitrogens with zero attached hydrogens (tertiary/aromatic N) is 3. The second-order valence-corrected chi connectivity index (χ2v) is 2.37. The Morgan fingerprint density at radius 2 is 2.36 bits per heavy atom. The summed E-state index contributed by atoms with van der Waals surface area (Å²) in [6.07, 6.45) is 3.19. The van der Waals surface area contributed by atoms with E-state index in [2.05, 4.69) is 14.8 Å². The highest BCUT2D eigenvalue weighted by molar-refractivity contribution is 5.20. The summed E-state index contributed by atoms with van der Waals surface area (Å²) in [5.41, 5.74) is 1.81. The van der Waals surface area contributed by atoms with Gasteiger partial charge in [-0.3, -0.25) is 0 Å².